The van der Waals surface area contributed by atoms with Gasteiger partial charge in [-0.05, 0) is 19.4 Å². The summed E-state index contributed by atoms with van der Waals surface area (Å²) in [7, 11) is 1.96. The van der Waals surface area contributed by atoms with Gasteiger partial charge in [0.1, 0.15) is 5.82 Å². The lowest BCUT2D eigenvalue weighted by molar-refractivity contribution is 0.538. The number of hydrogen-bond acceptors (Lipinski definition) is 3. The van der Waals surface area contributed by atoms with Gasteiger partial charge in [-0.3, -0.25) is 4.68 Å². The fourth-order valence-electron chi connectivity index (χ4n) is 1.38. The van der Waals surface area contributed by atoms with E-state index in [1.165, 1.54) is 0 Å². The highest BCUT2D eigenvalue weighted by Gasteiger charge is 2.20. The molecule has 4 nitrogen and oxygen atoms in total. The van der Waals surface area contributed by atoms with Crippen molar-refractivity contribution in [3.8, 4) is 0 Å². The summed E-state index contributed by atoms with van der Waals surface area (Å²) in [5.41, 5.74) is 5.49. The smallest absolute Gasteiger partial charge is 0.156 e. The molecule has 0 radical (unpaired) electrons. The Hall–Kier alpha value is -0.900. The quantitative estimate of drug-likeness (QED) is 0.764. The first kappa shape index (κ1) is 12.2. The maximum atomic E-state index is 5.46. The molecule has 1 rings (SSSR count). The molecule has 0 atom stereocenters. The van der Waals surface area contributed by atoms with Crippen molar-refractivity contribution in [2.24, 2.45) is 12.8 Å². The zero-order valence-corrected chi connectivity index (χ0v) is 10.2. The summed E-state index contributed by atoms with van der Waals surface area (Å²) >= 11 is 0. The third-order valence-electron chi connectivity index (χ3n) is 2.38. The van der Waals surface area contributed by atoms with Gasteiger partial charge in [0.05, 0.1) is 0 Å². The number of nitrogens with zero attached hydrogens (tertiary/aromatic N) is 3. The second-order valence-corrected chi connectivity index (χ2v) is 4.97. The molecule has 0 unspecified atom stereocenters. The first-order chi connectivity index (χ1) is 6.95. The molecule has 0 spiro atoms. The van der Waals surface area contributed by atoms with Crippen molar-refractivity contribution in [3.05, 3.63) is 11.6 Å². The van der Waals surface area contributed by atoms with Crippen LogP contribution in [0.25, 0.3) is 0 Å². The van der Waals surface area contributed by atoms with Gasteiger partial charge in [-0.1, -0.05) is 20.8 Å². The lowest BCUT2D eigenvalue weighted by atomic mass is 9.96. The standard InChI is InChI=1S/C11H22N4/c1-11(2,3)10-13-9(15(4)14-10)7-5-6-8-12/h5-8,12H2,1-4H3. The number of nitrogens with two attached hydrogens (primary N) is 1. The monoisotopic (exact) mass is 210 g/mol. The van der Waals surface area contributed by atoms with Crippen LogP contribution >= 0.6 is 0 Å². The Morgan fingerprint density at radius 2 is 1.93 bits per heavy atom. The molecule has 0 aliphatic carbocycles. The minimum Gasteiger partial charge on any atom is -0.330 e. The molecule has 0 saturated heterocycles. The summed E-state index contributed by atoms with van der Waals surface area (Å²) in [6, 6.07) is 0. The van der Waals surface area contributed by atoms with Crippen molar-refractivity contribution in [1.82, 2.24) is 14.8 Å². The summed E-state index contributed by atoms with van der Waals surface area (Å²) < 4.78 is 1.89. The summed E-state index contributed by atoms with van der Waals surface area (Å²) in [5, 5.41) is 4.43. The molecule has 1 heterocycles. The molecule has 0 aliphatic rings. The van der Waals surface area contributed by atoms with E-state index in [4.69, 9.17) is 5.73 Å². The van der Waals surface area contributed by atoms with E-state index in [0.29, 0.717) is 0 Å². The first-order valence-electron chi connectivity index (χ1n) is 5.55. The van der Waals surface area contributed by atoms with Gasteiger partial charge in [-0.25, -0.2) is 4.98 Å². The third-order valence-corrected chi connectivity index (χ3v) is 2.38. The molecule has 4 heteroatoms. The Bertz CT molecular complexity index is 309. The average molecular weight is 210 g/mol. The number of hydrogen-bond donors (Lipinski definition) is 1. The van der Waals surface area contributed by atoms with Gasteiger partial charge in [0.25, 0.3) is 0 Å². The normalized spacial score (nSPS) is 12.1. The lowest BCUT2D eigenvalue weighted by Gasteiger charge is -2.11. The first-order valence-corrected chi connectivity index (χ1v) is 5.55. The van der Waals surface area contributed by atoms with Crippen LogP contribution in [0.4, 0.5) is 0 Å². The Morgan fingerprint density at radius 1 is 1.27 bits per heavy atom. The summed E-state index contributed by atoms with van der Waals surface area (Å²) in [5.74, 6) is 1.99. The molecule has 15 heavy (non-hydrogen) atoms. The molecule has 1 aromatic heterocycles. The van der Waals surface area contributed by atoms with E-state index in [-0.39, 0.29) is 5.41 Å². The molecule has 2 N–H and O–H groups in total. The van der Waals surface area contributed by atoms with E-state index in [1.54, 1.807) is 0 Å². The van der Waals surface area contributed by atoms with E-state index in [9.17, 15) is 0 Å². The topological polar surface area (TPSA) is 56.7 Å². The van der Waals surface area contributed by atoms with Crippen molar-refractivity contribution in [3.63, 3.8) is 0 Å². The molecule has 0 amide bonds. The highest BCUT2D eigenvalue weighted by molar-refractivity contribution is 5.03. The maximum absolute atomic E-state index is 5.46. The Kier molecular flexibility index (Phi) is 3.85. The van der Waals surface area contributed by atoms with Crippen LogP contribution in [0, 0.1) is 0 Å². The molecule has 0 bridgehead atoms. The van der Waals surface area contributed by atoms with Crippen LogP contribution in [-0.2, 0) is 18.9 Å². The van der Waals surface area contributed by atoms with E-state index in [1.807, 2.05) is 11.7 Å². The Morgan fingerprint density at radius 3 is 2.40 bits per heavy atom. The summed E-state index contributed by atoms with van der Waals surface area (Å²) in [6.07, 6.45) is 3.11. The van der Waals surface area contributed by atoms with E-state index in [2.05, 4.69) is 30.9 Å². The molecule has 0 aromatic carbocycles. The van der Waals surface area contributed by atoms with Crippen molar-refractivity contribution in [1.29, 1.82) is 0 Å². The van der Waals surface area contributed by atoms with Crippen LogP contribution in [-0.4, -0.2) is 21.3 Å². The molecule has 86 valence electrons. The predicted molar refractivity (Wildman–Crippen MR) is 61.7 cm³/mol. The van der Waals surface area contributed by atoms with Gasteiger partial charge in [-0.15, -0.1) is 0 Å². The van der Waals surface area contributed by atoms with Gasteiger partial charge < -0.3 is 5.73 Å². The fourth-order valence-corrected chi connectivity index (χ4v) is 1.38. The van der Waals surface area contributed by atoms with Gasteiger partial charge in [0, 0.05) is 18.9 Å². The number of unbranched alkanes of at least 4 members (excludes halogenated alkanes) is 1. The molecular formula is C11H22N4. The average Bonchev–Trinajstić information content (AvgIpc) is 2.48. The third kappa shape index (κ3) is 3.30. The molecule has 0 fully saturated rings. The SMILES string of the molecule is Cn1nc(C(C)(C)C)nc1CCCCN. The van der Waals surface area contributed by atoms with Gasteiger partial charge in [0.2, 0.25) is 0 Å². The Labute approximate surface area is 91.9 Å². The molecule has 0 saturated carbocycles. The minimum atomic E-state index is 0.0316. The second-order valence-electron chi connectivity index (χ2n) is 4.97. The van der Waals surface area contributed by atoms with Crippen molar-refractivity contribution in [2.75, 3.05) is 6.54 Å². The van der Waals surface area contributed by atoms with E-state index >= 15 is 0 Å². The van der Waals surface area contributed by atoms with Crippen molar-refractivity contribution < 1.29 is 0 Å². The molecule has 0 aliphatic heterocycles. The van der Waals surface area contributed by atoms with Crippen LogP contribution in [0.2, 0.25) is 0 Å². The molecule has 1 aromatic rings. The van der Waals surface area contributed by atoms with Crippen molar-refractivity contribution in [2.45, 2.75) is 45.4 Å². The largest absolute Gasteiger partial charge is 0.330 e. The fraction of sp³-hybridized carbons (Fsp3) is 0.818. The van der Waals surface area contributed by atoms with E-state index in [0.717, 1.165) is 37.5 Å². The number of aromatic nitrogens is 3. The predicted octanol–water partition coefficient (Wildman–Crippen LogP) is 1.39. The van der Waals surface area contributed by atoms with Crippen LogP contribution in [0.15, 0.2) is 0 Å². The highest BCUT2D eigenvalue weighted by Crippen LogP contribution is 2.18. The number of aryl methyl sites for hydroxylation is 2. The maximum Gasteiger partial charge on any atom is 0.156 e. The second kappa shape index (κ2) is 4.75. The van der Waals surface area contributed by atoms with Gasteiger partial charge in [0.15, 0.2) is 5.82 Å². The zero-order chi connectivity index (χ0) is 11.5. The van der Waals surface area contributed by atoms with Gasteiger partial charge >= 0.3 is 0 Å². The summed E-state index contributed by atoms with van der Waals surface area (Å²) in [4.78, 5) is 4.56. The molecular weight excluding hydrogens is 188 g/mol. The summed E-state index contributed by atoms with van der Waals surface area (Å²) in [6.45, 7) is 7.15. The Balaban J connectivity index is 2.69. The highest BCUT2D eigenvalue weighted by atomic mass is 15.3. The van der Waals surface area contributed by atoms with Crippen LogP contribution in [0.5, 0.6) is 0 Å². The lowest BCUT2D eigenvalue weighted by Crippen LogP contribution is -2.13. The van der Waals surface area contributed by atoms with Crippen LogP contribution < -0.4 is 5.73 Å². The van der Waals surface area contributed by atoms with Crippen LogP contribution in [0.1, 0.15) is 45.3 Å². The zero-order valence-electron chi connectivity index (χ0n) is 10.2. The van der Waals surface area contributed by atoms with E-state index < -0.39 is 0 Å². The minimum absolute atomic E-state index is 0.0316. The van der Waals surface area contributed by atoms with Crippen molar-refractivity contribution >= 4 is 0 Å². The number of rotatable bonds is 4. The van der Waals surface area contributed by atoms with Crippen LogP contribution in [0.3, 0.4) is 0 Å². The van der Waals surface area contributed by atoms with Gasteiger partial charge in [-0.2, -0.15) is 5.10 Å².